The standard InChI is InChI=1S/C22H19ClFN5OS/c1-13-18(10-15-6-3-4-9-19(15)24)14(2)29-21(25-13)27-22(28-29)31-12-20(30)26-17-8-5-7-16(23)11-17/h3-9,11H,10,12H2,1-2H3,(H,26,30). The van der Waals surface area contributed by atoms with Crippen molar-refractivity contribution in [3.63, 3.8) is 0 Å². The van der Waals surface area contributed by atoms with Crippen molar-refractivity contribution in [1.29, 1.82) is 0 Å². The number of carbonyl (C=O) groups is 1. The molecule has 0 radical (unpaired) electrons. The van der Waals surface area contributed by atoms with Crippen LogP contribution in [0.1, 0.15) is 22.5 Å². The van der Waals surface area contributed by atoms with Gasteiger partial charge in [-0.3, -0.25) is 4.79 Å². The summed E-state index contributed by atoms with van der Waals surface area (Å²) in [6, 6.07) is 13.7. The zero-order valence-electron chi connectivity index (χ0n) is 16.9. The second-order valence-corrected chi connectivity index (χ2v) is 8.36. The normalized spacial score (nSPS) is 11.1. The predicted molar refractivity (Wildman–Crippen MR) is 120 cm³/mol. The number of thioether (sulfide) groups is 1. The highest BCUT2D eigenvalue weighted by Gasteiger charge is 2.16. The first-order valence-electron chi connectivity index (χ1n) is 9.55. The van der Waals surface area contributed by atoms with Crippen molar-refractivity contribution in [1.82, 2.24) is 19.6 Å². The molecule has 0 unspecified atom stereocenters. The Morgan fingerprint density at radius 3 is 2.74 bits per heavy atom. The van der Waals surface area contributed by atoms with Crippen LogP contribution < -0.4 is 5.32 Å². The van der Waals surface area contributed by atoms with Gasteiger partial charge in [-0.15, -0.1) is 5.10 Å². The Balaban J connectivity index is 1.51. The van der Waals surface area contributed by atoms with Crippen molar-refractivity contribution in [3.05, 3.63) is 81.9 Å². The number of nitrogens with zero attached hydrogens (tertiary/aromatic N) is 4. The van der Waals surface area contributed by atoms with E-state index < -0.39 is 0 Å². The van der Waals surface area contributed by atoms with Crippen molar-refractivity contribution in [3.8, 4) is 0 Å². The van der Waals surface area contributed by atoms with Gasteiger partial charge in [-0.1, -0.05) is 47.6 Å². The topological polar surface area (TPSA) is 72.2 Å². The Morgan fingerprint density at radius 2 is 1.97 bits per heavy atom. The average molecular weight is 456 g/mol. The third kappa shape index (κ3) is 4.86. The summed E-state index contributed by atoms with van der Waals surface area (Å²) < 4.78 is 15.7. The Morgan fingerprint density at radius 1 is 1.16 bits per heavy atom. The number of nitrogens with one attached hydrogen (secondary N) is 1. The lowest BCUT2D eigenvalue weighted by atomic mass is 10.0. The molecule has 2 aromatic heterocycles. The van der Waals surface area contributed by atoms with E-state index in [9.17, 15) is 9.18 Å². The van der Waals surface area contributed by atoms with Gasteiger partial charge in [-0.25, -0.2) is 13.9 Å². The highest BCUT2D eigenvalue weighted by molar-refractivity contribution is 7.99. The van der Waals surface area contributed by atoms with Crippen LogP contribution in [0.5, 0.6) is 0 Å². The molecule has 0 aliphatic carbocycles. The van der Waals surface area contributed by atoms with Gasteiger partial charge >= 0.3 is 0 Å². The first-order valence-corrected chi connectivity index (χ1v) is 10.9. The molecule has 4 aromatic rings. The third-order valence-corrected chi connectivity index (χ3v) is 5.87. The van der Waals surface area contributed by atoms with Gasteiger partial charge in [0.1, 0.15) is 5.82 Å². The lowest BCUT2D eigenvalue weighted by Crippen LogP contribution is -2.14. The fourth-order valence-corrected chi connectivity index (χ4v) is 4.04. The van der Waals surface area contributed by atoms with E-state index in [-0.39, 0.29) is 17.5 Å². The number of halogens is 2. The second kappa shape index (κ2) is 9.03. The molecule has 4 rings (SSSR count). The molecule has 0 fully saturated rings. The fraction of sp³-hybridized carbons (Fsp3) is 0.182. The summed E-state index contributed by atoms with van der Waals surface area (Å²) in [4.78, 5) is 21.2. The molecule has 1 N–H and O–H groups in total. The average Bonchev–Trinajstić information content (AvgIpc) is 3.14. The van der Waals surface area contributed by atoms with Gasteiger partial charge in [-0.05, 0) is 49.2 Å². The fourth-order valence-electron chi connectivity index (χ4n) is 3.23. The van der Waals surface area contributed by atoms with E-state index in [0.29, 0.717) is 33.6 Å². The zero-order valence-corrected chi connectivity index (χ0v) is 18.5. The zero-order chi connectivity index (χ0) is 22.0. The number of aromatic nitrogens is 4. The summed E-state index contributed by atoms with van der Waals surface area (Å²) in [6.07, 6.45) is 0.414. The van der Waals surface area contributed by atoms with E-state index in [1.54, 1.807) is 40.9 Å². The number of carbonyl (C=O) groups excluding carboxylic acids is 1. The molecule has 0 bridgehead atoms. The van der Waals surface area contributed by atoms with Crippen LogP contribution in [0.2, 0.25) is 5.02 Å². The van der Waals surface area contributed by atoms with Crippen LogP contribution in [-0.2, 0) is 11.2 Å². The number of aryl methyl sites for hydroxylation is 2. The van der Waals surface area contributed by atoms with E-state index in [1.807, 2.05) is 19.9 Å². The summed E-state index contributed by atoms with van der Waals surface area (Å²) in [5.74, 6) is 0.156. The molecule has 0 saturated carbocycles. The summed E-state index contributed by atoms with van der Waals surface area (Å²) in [5, 5.41) is 8.27. The molecule has 2 heterocycles. The van der Waals surface area contributed by atoms with Crippen molar-refractivity contribution in [2.45, 2.75) is 25.4 Å². The minimum atomic E-state index is -0.248. The lowest BCUT2D eigenvalue weighted by molar-refractivity contribution is -0.113. The Bertz CT molecular complexity index is 1280. The van der Waals surface area contributed by atoms with Crippen LogP contribution >= 0.6 is 23.4 Å². The summed E-state index contributed by atoms with van der Waals surface area (Å²) in [7, 11) is 0. The van der Waals surface area contributed by atoms with Gasteiger partial charge in [0.25, 0.3) is 5.78 Å². The lowest BCUT2D eigenvalue weighted by Gasteiger charge is -2.10. The highest BCUT2D eigenvalue weighted by Crippen LogP contribution is 2.22. The Labute approximate surface area is 187 Å². The van der Waals surface area contributed by atoms with Gasteiger partial charge in [-0.2, -0.15) is 4.98 Å². The Kier molecular flexibility index (Phi) is 6.20. The van der Waals surface area contributed by atoms with Gasteiger partial charge in [0.2, 0.25) is 11.1 Å². The van der Waals surface area contributed by atoms with Gasteiger partial charge in [0.05, 0.1) is 5.75 Å². The molecule has 158 valence electrons. The number of benzene rings is 2. The van der Waals surface area contributed by atoms with Gasteiger partial charge < -0.3 is 5.32 Å². The first-order chi connectivity index (χ1) is 14.9. The molecule has 9 heteroatoms. The van der Waals surface area contributed by atoms with Crippen LogP contribution in [0, 0.1) is 19.7 Å². The predicted octanol–water partition coefficient (Wildman–Crippen LogP) is 4.86. The van der Waals surface area contributed by atoms with E-state index >= 15 is 0 Å². The summed E-state index contributed by atoms with van der Waals surface area (Å²) >= 11 is 7.16. The molecule has 0 spiro atoms. The smallest absolute Gasteiger partial charge is 0.253 e. The SMILES string of the molecule is Cc1nc2nc(SCC(=O)Nc3cccc(Cl)c3)nn2c(C)c1Cc1ccccc1F. The van der Waals surface area contributed by atoms with Crippen LogP contribution in [0.4, 0.5) is 10.1 Å². The molecule has 0 aliphatic heterocycles. The molecular formula is C22H19ClFN5OS. The van der Waals surface area contributed by atoms with Crippen LogP contribution in [0.25, 0.3) is 5.78 Å². The number of hydrogen-bond donors (Lipinski definition) is 1. The monoisotopic (exact) mass is 455 g/mol. The van der Waals surface area contributed by atoms with E-state index in [4.69, 9.17) is 11.6 Å². The van der Waals surface area contributed by atoms with Crippen LogP contribution in [0.3, 0.4) is 0 Å². The minimum absolute atomic E-state index is 0.142. The minimum Gasteiger partial charge on any atom is -0.325 e. The van der Waals surface area contributed by atoms with Crippen molar-refractivity contribution in [2.75, 3.05) is 11.1 Å². The summed E-state index contributed by atoms with van der Waals surface area (Å²) in [6.45, 7) is 3.79. The molecule has 0 aliphatic rings. The second-order valence-electron chi connectivity index (χ2n) is 6.98. The largest absolute Gasteiger partial charge is 0.325 e. The molecular weight excluding hydrogens is 437 g/mol. The van der Waals surface area contributed by atoms with E-state index in [0.717, 1.165) is 17.0 Å². The molecule has 1 amide bonds. The van der Waals surface area contributed by atoms with E-state index in [2.05, 4.69) is 20.4 Å². The first kappa shape index (κ1) is 21.3. The summed E-state index contributed by atoms with van der Waals surface area (Å²) in [5.41, 5.74) is 3.75. The quantitative estimate of drug-likeness (QED) is 0.420. The number of amides is 1. The maximum Gasteiger partial charge on any atom is 0.253 e. The molecule has 2 aromatic carbocycles. The van der Waals surface area contributed by atoms with E-state index in [1.165, 1.54) is 17.8 Å². The van der Waals surface area contributed by atoms with Gasteiger partial charge in [0, 0.05) is 28.5 Å². The van der Waals surface area contributed by atoms with Crippen molar-refractivity contribution >= 4 is 40.7 Å². The molecule has 0 atom stereocenters. The number of rotatable bonds is 6. The third-order valence-electron chi connectivity index (χ3n) is 4.80. The molecule has 6 nitrogen and oxygen atoms in total. The number of fused-ring (bicyclic) bond motifs is 1. The maximum atomic E-state index is 14.1. The van der Waals surface area contributed by atoms with Crippen molar-refractivity contribution in [2.24, 2.45) is 0 Å². The van der Waals surface area contributed by atoms with Crippen LogP contribution in [-0.4, -0.2) is 31.2 Å². The van der Waals surface area contributed by atoms with Gasteiger partial charge in [0.15, 0.2) is 0 Å². The highest BCUT2D eigenvalue weighted by atomic mass is 35.5. The molecule has 0 saturated heterocycles. The maximum absolute atomic E-state index is 14.1. The number of hydrogen-bond acceptors (Lipinski definition) is 5. The van der Waals surface area contributed by atoms with Crippen molar-refractivity contribution < 1.29 is 9.18 Å². The number of anilines is 1. The van der Waals surface area contributed by atoms with Crippen LogP contribution in [0.15, 0.2) is 53.7 Å². The Hall–Kier alpha value is -2.97. The molecule has 31 heavy (non-hydrogen) atoms.